The molecule has 1 aromatic carbocycles. The quantitative estimate of drug-likeness (QED) is 0.633. The average Bonchev–Trinajstić information content (AvgIpc) is 2.72. The summed E-state index contributed by atoms with van der Waals surface area (Å²) in [5.41, 5.74) is -0.298. The van der Waals surface area contributed by atoms with E-state index in [4.69, 9.17) is 0 Å². The maximum absolute atomic E-state index is 13.0. The number of fused-ring (bicyclic) bond motifs is 1. The third kappa shape index (κ3) is 1.99. The summed E-state index contributed by atoms with van der Waals surface area (Å²) in [6.07, 6.45) is 0. The van der Waals surface area contributed by atoms with Crippen molar-refractivity contribution in [1.29, 1.82) is 0 Å². The predicted molar refractivity (Wildman–Crippen MR) is 70.4 cm³/mol. The maximum atomic E-state index is 13.0. The van der Waals surface area contributed by atoms with Gasteiger partial charge in [0.15, 0.2) is 5.65 Å². The Labute approximate surface area is 112 Å². The second-order valence-corrected chi connectivity index (χ2v) is 4.70. The van der Waals surface area contributed by atoms with Gasteiger partial charge in [0, 0.05) is 10.0 Å². The molecule has 3 rings (SSSR count). The summed E-state index contributed by atoms with van der Waals surface area (Å²) in [4.78, 5) is 34.1. The molecule has 0 aliphatic heterocycles. The number of hydrogen-bond donors (Lipinski definition) is 3. The minimum absolute atomic E-state index is 0.153. The molecule has 0 saturated heterocycles. The molecule has 3 N–H and O–H groups in total. The van der Waals surface area contributed by atoms with Crippen LogP contribution >= 0.6 is 15.9 Å². The third-order valence-corrected chi connectivity index (χ3v) is 3.23. The van der Waals surface area contributed by atoms with Crippen molar-refractivity contribution in [2.45, 2.75) is 0 Å². The molecular formula is C11H6BrFN4O2. The van der Waals surface area contributed by atoms with E-state index in [-0.39, 0.29) is 11.2 Å². The Balaban J connectivity index is 2.29. The van der Waals surface area contributed by atoms with E-state index in [2.05, 4.69) is 35.9 Å². The summed E-state index contributed by atoms with van der Waals surface area (Å²) in [5, 5.41) is 0. The minimum Gasteiger partial charge on any atom is -0.332 e. The lowest BCUT2D eigenvalue weighted by Crippen LogP contribution is -2.21. The molecule has 6 nitrogen and oxygen atoms in total. The molecule has 0 aliphatic rings. The number of benzene rings is 1. The fourth-order valence-electron chi connectivity index (χ4n) is 1.74. The van der Waals surface area contributed by atoms with Crippen LogP contribution < -0.4 is 11.2 Å². The van der Waals surface area contributed by atoms with Crippen molar-refractivity contribution >= 4 is 27.1 Å². The lowest BCUT2D eigenvalue weighted by molar-refractivity contribution is 0.627. The molecule has 0 bridgehead atoms. The van der Waals surface area contributed by atoms with E-state index in [0.717, 1.165) is 0 Å². The number of rotatable bonds is 1. The number of imidazole rings is 1. The maximum Gasteiger partial charge on any atom is 0.327 e. The Hall–Kier alpha value is -2.22. The van der Waals surface area contributed by atoms with Crippen molar-refractivity contribution in [3.05, 3.63) is 49.3 Å². The molecule has 0 spiro atoms. The molecular weight excluding hydrogens is 319 g/mol. The Morgan fingerprint density at radius 2 is 1.95 bits per heavy atom. The van der Waals surface area contributed by atoms with Gasteiger partial charge in [0.1, 0.15) is 17.2 Å². The lowest BCUT2D eigenvalue weighted by atomic mass is 10.2. The fraction of sp³-hybridized carbons (Fsp3) is 0. The van der Waals surface area contributed by atoms with E-state index in [1.165, 1.54) is 18.2 Å². The summed E-state index contributed by atoms with van der Waals surface area (Å²) in [6.45, 7) is 0. The first-order chi connectivity index (χ1) is 9.04. The van der Waals surface area contributed by atoms with Gasteiger partial charge in [0.05, 0.1) is 0 Å². The molecule has 2 aromatic heterocycles. The number of nitrogens with zero attached hydrogens (tertiary/aromatic N) is 1. The van der Waals surface area contributed by atoms with Gasteiger partial charge >= 0.3 is 5.69 Å². The van der Waals surface area contributed by atoms with Crippen LogP contribution in [0.25, 0.3) is 22.6 Å². The highest BCUT2D eigenvalue weighted by molar-refractivity contribution is 9.10. The van der Waals surface area contributed by atoms with Crippen LogP contribution in [-0.4, -0.2) is 19.9 Å². The Kier molecular flexibility index (Phi) is 2.59. The highest BCUT2D eigenvalue weighted by atomic mass is 79.9. The van der Waals surface area contributed by atoms with Crippen LogP contribution in [0.3, 0.4) is 0 Å². The predicted octanol–water partition coefficient (Wildman–Crippen LogP) is 1.51. The number of aromatic amines is 3. The SMILES string of the molecule is O=c1[nH]c(=O)c2[nH]c(-c3ccc(F)cc3Br)nc2[nH]1. The first-order valence-electron chi connectivity index (χ1n) is 5.22. The molecule has 0 saturated carbocycles. The standard InChI is InChI=1S/C11H6BrFN4O2/c12-6-3-4(13)1-2-5(6)8-14-7-9(15-8)16-11(19)17-10(7)18/h1-3H,(H3,14,15,16,17,18,19). The summed E-state index contributed by atoms with van der Waals surface area (Å²) >= 11 is 3.22. The first kappa shape index (κ1) is 11.8. The molecule has 2 heterocycles. The smallest absolute Gasteiger partial charge is 0.327 e. The highest BCUT2D eigenvalue weighted by Crippen LogP contribution is 2.27. The van der Waals surface area contributed by atoms with Crippen LogP contribution in [-0.2, 0) is 0 Å². The Bertz CT molecular complexity index is 896. The molecule has 0 fully saturated rings. The van der Waals surface area contributed by atoms with Gasteiger partial charge < -0.3 is 4.98 Å². The number of hydrogen-bond acceptors (Lipinski definition) is 3. The molecule has 0 radical (unpaired) electrons. The van der Waals surface area contributed by atoms with Crippen molar-refractivity contribution in [3.63, 3.8) is 0 Å². The Morgan fingerprint density at radius 1 is 1.16 bits per heavy atom. The summed E-state index contributed by atoms with van der Waals surface area (Å²) in [6, 6.07) is 4.08. The average molecular weight is 325 g/mol. The van der Waals surface area contributed by atoms with Crippen LogP contribution in [0.4, 0.5) is 4.39 Å². The third-order valence-electron chi connectivity index (χ3n) is 2.58. The van der Waals surface area contributed by atoms with Crippen LogP contribution in [0.1, 0.15) is 0 Å². The van der Waals surface area contributed by atoms with Gasteiger partial charge in [-0.15, -0.1) is 0 Å². The zero-order chi connectivity index (χ0) is 13.6. The van der Waals surface area contributed by atoms with Crippen molar-refractivity contribution < 1.29 is 4.39 Å². The van der Waals surface area contributed by atoms with Gasteiger partial charge in [-0.05, 0) is 34.1 Å². The molecule has 8 heteroatoms. The molecule has 96 valence electrons. The first-order valence-corrected chi connectivity index (χ1v) is 6.01. The van der Waals surface area contributed by atoms with E-state index in [1.807, 2.05) is 0 Å². The van der Waals surface area contributed by atoms with E-state index in [1.54, 1.807) is 0 Å². The van der Waals surface area contributed by atoms with Crippen LogP contribution in [0.5, 0.6) is 0 Å². The van der Waals surface area contributed by atoms with Crippen molar-refractivity contribution in [2.24, 2.45) is 0 Å². The van der Waals surface area contributed by atoms with Gasteiger partial charge in [0.25, 0.3) is 5.56 Å². The second kappa shape index (κ2) is 4.16. The number of H-pyrrole nitrogens is 3. The number of aromatic nitrogens is 4. The molecule has 0 unspecified atom stereocenters. The van der Waals surface area contributed by atoms with Crippen molar-refractivity contribution in [1.82, 2.24) is 19.9 Å². The van der Waals surface area contributed by atoms with Gasteiger partial charge in [-0.25, -0.2) is 14.2 Å². The van der Waals surface area contributed by atoms with Crippen molar-refractivity contribution in [2.75, 3.05) is 0 Å². The van der Waals surface area contributed by atoms with Gasteiger partial charge in [-0.1, -0.05) is 0 Å². The van der Waals surface area contributed by atoms with Gasteiger partial charge in [0.2, 0.25) is 0 Å². The van der Waals surface area contributed by atoms with Crippen molar-refractivity contribution in [3.8, 4) is 11.4 Å². The summed E-state index contributed by atoms with van der Waals surface area (Å²) in [5.74, 6) is -0.0350. The van der Waals surface area contributed by atoms with Gasteiger partial charge in [-0.3, -0.25) is 14.8 Å². The Morgan fingerprint density at radius 3 is 2.68 bits per heavy atom. The fourth-order valence-corrected chi connectivity index (χ4v) is 2.28. The van der Waals surface area contributed by atoms with E-state index in [0.29, 0.717) is 15.9 Å². The molecule has 0 aliphatic carbocycles. The van der Waals surface area contributed by atoms with E-state index in [9.17, 15) is 14.0 Å². The lowest BCUT2D eigenvalue weighted by Gasteiger charge is -1.99. The minimum atomic E-state index is -0.631. The summed E-state index contributed by atoms with van der Waals surface area (Å²) in [7, 11) is 0. The molecule has 0 atom stereocenters. The largest absolute Gasteiger partial charge is 0.332 e. The van der Waals surface area contributed by atoms with E-state index >= 15 is 0 Å². The highest BCUT2D eigenvalue weighted by Gasteiger charge is 2.12. The monoisotopic (exact) mass is 324 g/mol. The topological polar surface area (TPSA) is 94.4 Å². The second-order valence-electron chi connectivity index (χ2n) is 3.84. The van der Waals surface area contributed by atoms with Crippen LogP contribution in [0.15, 0.2) is 32.3 Å². The van der Waals surface area contributed by atoms with Crippen LogP contribution in [0, 0.1) is 5.82 Å². The number of halogens is 2. The van der Waals surface area contributed by atoms with Gasteiger partial charge in [-0.2, -0.15) is 0 Å². The zero-order valence-electron chi connectivity index (χ0n) is 9.25. The molecule has 3 aromatic rings. The number of nitrogens with one attached hydrogen (secondary N) is 3. The normalized spacial score (nSPS) is 11.1. The van der Waals surface area contributed by atoms with E-state index < -0.39 is 17.1 Å². The molecule has 0 amide bonds. The zero-order valence-corrected chi connectivity index (χ0v) is 10.8. The summed E-state index contributed by atoms with van der Waals surface area (Å²) < 4.78 is 13.5. The van der Waals surface area contributed by atoms with Crippen LogP contribution in [0.2, 0.25) is 0 Å². The molecule has 19 heavy (non-hydrogen) atoms.